The van der Waals surface area contributed by atoms with Crippen LogP contribution in [-0.4, -0.2) is 35.5 Å². The first-order valence-corrected chi connectivity index (χ1v) is 10.1. The van der Waals surface area contributed by atoms with Crippen molar-refractivity contribution in [3.8, 4) is 0 Å². The lowest BCUT2D eigenvalue weighted by Crippen LogP contribution is -2.30. The molecule has 0 saturated carbocycles. The van der Waals surface area contributed by atoms with E-state index in [1.807, 2.05) is 47.4 Å². The topological polar surface area (TPSA) is 67.3 Å². The first-order valence-electron chi connectivity index (χ1n) is 9.28. The number of benzene rings is 2. The Balaban J connectivity index is 1.36. The minimum atomic E-state index is 0.137. The summed E-state index contributed by atoms with van der Waals surface area (Å²) in [6.07, 6.45) is 2.03. The van der Waals surface area contributed by atoms with E-state index in [0.29, 0.717) is 19.4 Å². The van der Waals surface area contributed by atoms with Crippen molar-refractivity contribution in [2.45, 2.75) is 19.3 Å². The summed E-state index contributed by atoms with van der Waals surface area (Å²) in [4.78, 5) is 19.1. The Bertz CT molecular complexity index is 955. The zero-order valence-electron chi connectivity index (χ0n) is 15.7. The van der Waals surface area contributed by atoms with E-state index in [-0.39, 0.29) is 5.91 Å². The highest BCUT2D eigenvalue weighted by Gasteiger charge is 2.23. The van der Waals surface area contributed by atoms with Gasteiger partial charge in [0.2, 0.25) is 11.0 Å². The van der Waals surface area contributed by atoms with E-state index in [1.165, 1.54) is 17.1 Å². The quantitative estimate of drug-likeness (QED) is 0.663. The molecule has 1 amide bonds. The molecule has 7 heteroatoms. The number of carbonyl (C=O) groups is 1. The summed E-state index contributed by atoms with van der Waals surface area (Å²) < 4.78 is 9.35. The van der Waals surface area contributed by atoms with Gasteiger partial charge in [-0.1, -0.05) is 30.3 Å². The second-order valence-corrected chi connectivity index (χ2v) is 7.43. The fourth-order valence-electron chi connectivity index (χ4n) is 3.30. The molecule has 0 saturated heterocycles. The highest BCUT2D eigenvalue weighted by Crippen LogP contribution is 2.28. The number of ether oxygens (including phenoxy) is 1. The molecular weight excluding hydrogens is 372 g/mol. The van der Waals surface area contributed by atoms with E-state index in [9.17, 15) is 4.79 Å². The zero-order chi connectivity index (χ0) is 19.3. The molecule has 0 bridgehead atoms. The van der Waals surface area contributed by atoms with E-state index >= 15 is 0 Å². The van der Waals surface area contributed by atoms with Gasteiger partial charge in [-0.3, -0.25) is 4.79 Å². The molecule has 6 nitrogen and oxygen atoms in total. The van der Waals surface area contributed by atoms with E-state index < -0.39 is 0 Å². The van der Waals surface area contributed by atoms with Crippen LogP contribution in [0.15, 0.2) is 48.5 Å². The van der Waals surface area contributed by atoms with Crippen molar-refractivity contribution in [1.29, 1.82) is 0 Å². The average Bonchev–Trinajstić information content (AvgIpc) is 3.34. The molecule has 1 N–H and O–H groups in total. The molecule has 144 valence electrons. The van der Waals surface area contributed by atoms with Gasteiger partial charge in [-0.2, -0.15) is 4.37 Å². The maximum Gasteiger partial charge on any atom is 0.231 e. The number of anilines is 3. The number of amides is 1. The van der Waals surface area contributed by atoms with Crippen LogP contribution in [0.2, 0.25) is 0 Å². The van der Waals surface area contributed by atoms with E-state index in [1.54, 1.807) is 7.11 Å². The normalized spacial score (nSPS) is 12.8. The first-order chi connectivity index (χ1) is 13.7. The summed E-state index contributed by atoms with van der Waals surface area (Å²) in [5.74, 6) is 0.917. The van der Waals surface area contributed by atoms with Crippen LogP contribution in [0, 0.1) is 0 Å². The smallest absolute Gasteiger partial charge is 0.231 e. The second kappa shape index (κ2) is 8.50. The molecule has 0 atom stereocenters. The second-order valence-electron chi connectivity index (χ2n) is 6.68. The lowest BCUT2D eigenvalue weighted by molar-refractivity contribution is -0.117. The van der Waals surface area contributed by atoms with Crippen LogP contribution in [0.4, 0.5) is 16.5 Å². The van der Waals surface area contributed by atoms with Crippen molar-refractivity contribution >= 4 is 33.9 Å². The Morgan fingerprint density at radius 2 is 2.04 bits per heavy atom. The highest BCUT2D eigenvalue weighted by atomic mass is 32.1. The number of rotatable bonds is 7. The Hall–Kier alpha value is -2.77. The molecule has 2 heterocycles. The number of hydrogen-bond acceptors (Lipinski definition) is 6. The number of carbonyl (C=O) groups excluding carboxylic acids is 1. The standard InChI is InChI=1S/C21H22N4O2S/c1-27-13-11-19-23-21(28-24-19)22-17-8-6-15(7-9-17)14-20(26)25-12-10-16-4-2-3-5-18(16)25/h2-9H,10-14H2,1H3,(H,22,23,24). The molecule has 2 aromatic carbocycles. The maximum atomic E-state index is 12.7. The number of nitrogens with zero attached hydrogens (tertiary/aromatic N) is 3. The lowest BCUT2D eigenvalue weighted by Gasteiger charge is -2.17. The number of hydrogen-bond donors (Lipinski definition) is 1. The molecule has 4 rings (SSSR count). The number of methoxy groups -OCH3 is 1. The molecule has 0 unspecified atom stereocenters. The van der Waals surface area contributed by atoms with E-state index in [4.69, 9.17) is 4.74 Å². The summed E-state index contributed by atoms with van der Waals surface area (Å²) in [7, 11) is 1.67. The van der Waals surface area contributed by atoms with Gasteiger partial charge in [0, 0.05) is 43.0 Å². The van der Waals surface area contributed by atoms with Crippen molar-refractivity contribution < 1.29 is 9.53 Å². The van der Waals surface area contributed by atoms with Crippen LogP contribution in [0.25, 0.3) is 0 Å². The predicted octanol–water partition coefficient (Wildman–Crippen LogP) is 3.60. The summed E-state index contributed by atoms with van der Waals surface area (Å²) in [6, 6.07) is 16.0. The monoisotopic (exact) mass is 394 g/mol. The third kappa shape index (κ3) is 4.21. The maximum absolute atomic E-state index is 12.7. The number of fused-ring (bicyclic) bond motifs is 1. The van der Waals surface area contributed by atoms with Gasteiger partial charge in [0.05, 0.1) is 13.0 Å². The fourth-order valence-corrected chi connectivity index (χ4v) is 3.93. The van der Waals surface area contributed by atoms with Crippen LogP contribution >= 0.6 is 11.5 Å². The Morgan fingerprint density at radius 3 is 2.86 bits per heavy atom. The van der Waals surface area contributed by atoms with Gasteiger partial charge >= 0.3 is 0 Å². The van der Waals surface area contributed by atoms with Crippen LogP contribution in [0.1, 0.15) is 17.0 Å². The first kappa shape index (κ1) is 18.6. The highest BCUT2D eigenvalue weighted by molar-refractivity contribution is 7.09. The fraction of sp³-hybridized carbons (Fsp3) is 0.286. The Kier molecular flexibility index (Phi) is 5.64. The third-order valence-electron chi connectivity index (χ3n) is 4.75. The summed E-state index contributed by atoms with van der Waals surface area (Å²) in [5, 5.41) is 4.01. The summed E-state index contributed by atoms with van der Waals surface area (Å²) in [6.45, 7) is 1.38. The lowest BCUT2D eigenvalue weighted by atomic mass is 10.1. The Labute approximate surface area is 168 Å². The van der Waals surface area contributed by atoms with Crippen LogP contribution in [0.5, 0.6) is 0 Å². The summed E-state index contributed by atoms with van der Waals surface area (Å²) in [5.41, 5.74) is 4.22. The molecule has 3 aromatic rings. The molecule has 1 aliphatic heterocycles. The van der Waals surface area contributed by atoms with Crippen LogP contribution in [-0.2, 0) is 28.8 Å². The number of para-hydroxylation sites is 1. The van der Waals surface area contributed by atoms with E-state index in [2.05, 4.69) is 20.7 Å². The van der Waals surface area contributed by atoms with Gasteiger partial charge < -0.3 is 15.0 Å². The molecular formula is C21H22N4O2S. The van der Waals surface area contributed by atoms with Crippen LogP contribution in [0.3, 0.4) is 0 Å². The van der Waals surface area contributed by atoms with Gasteiger partial charge in [0.25, 0.3) is 0 Å². The number of nitrogens with one attached hydrogen (secondary N) is 1. The van der Waals surface area contributed by atoms with Gasteiger partial charge in [-0.05, 0) is 35.7 Å². The SMILES string of the molecule is COCCc1nsc(Nc2ccc(CC(=O)N3CCc4ccccc43)cc2)n1. The minimum absolute atomic E-state index is 0.137. The minimum Gasteiger partial charge on any atom is -0.384 e. The van der Waals surface area contributed by atoms with E-state index in [0.717, 1.165) is 40.9 Å². The van der Waals surface area contributed by atoms with Crippen LogP contribution < -0.4 is 10.2 Å². The van der Waals surface area contributed by atoms with Gasteiger partial charge in [0.1, 0.15) is 5.82 Å². The average molecular weight is 395 g/mol. The largest absolute Gasteiger partial charge is 0.384 e. The van der Waals surface area contributed by atoms with Gasteiger partial charge in [-0.15, -0.1) is 0 Å². The molecule has 0 spiro atoms. The van der Waals surface area contributed by atoms with Crippen molar-refractivity contribution in [3.05, 3.63) is 65.5 Å². The summed E-state index contributed by atoms with van der Waals surface area (Å²) >= 11 is 1.33. The van der Waals surface area contributed by atoms with Crippen molar-refractivity contribution in [1.82, 2.24) is 9.36 Å². The molecule has 1 aliphatic rings. The van der Waals surface area contributed by atoms with Crippen molar-refractivity contribution in [2.75, 3.05) is 30.5 Å². The molecule has 1 aromatic heterocycles. The van der Waals surface area contributed by atoms with Crippen molar-refractivity contribution in [2.24, 2.45) is 0 Å². The Morgan fingerprint density at radius 1 is 1.21 bits per heavy atom. The molecule has 28 heavy (non-hydrogen) atoms. The number of aromatic nitrogens is 2. The van der Waals surface area contributed by atoms with Gasteiger partial charge in [0.15, 0.2) is 0 Å². The van der Waals surface area contributed by atoms with Crippen molar-refractivity contribution in [3.63, 3.8) is 0 Å². The molecule has 0 radical (unpaired) electrons. The van der Waals surface area contributed by atoms with Gasteiger partial charge in [-0.25, -0.2) is 4.98 Å². The molecule has 0 fully saturated rings. The zero-order valence-corrected chi connectivity index (χ0v) is 16.5. The third-order valence-corrected chi connectivity index (χ3v) is 5.41. The molecule has 0 aliphatic carbocycles. The predicted molar refractivity (Wildman–Crippen MR) is 111 cm³/mol.